The lowest BCUT2D eigenvalue weighted by Crippen LogP contribution is -2.48. The monoisotopic (exact) mass is 494 g/mol. The summed E-state index contributed by atoms with van der Waals surface area (Å²) >= 11 is 0. The fourth-order valence-electron chi connectivity index (χ4n) is 5.10. The van der Waals surface area contributed by atoms with E-state index in [2.05, 4.69) is 37.5 Å². The number of nitrogens with zero attached hydrogens (tertiary/aromatic N) is 6. The molecule has 2 aliphatic heterocycles. The molecule has 2 saturated heterocycles. The average molecular weight is 495 g/mol. The third-order valence-electron chi connectivity index (χ3n) is 7.05. The second kappa shape index (κ2) is 11.1. The highest BCUT2D eigenvalue weighted by molar-refractivity contribution is 5.50. The molecule has 0 spiro atoms. The van der Waals surface area contributed by atoms with Crippen LogP contribution in [-0.2, 0) is 11.3 Å². The minimum atomic E-state index is -0.190. The molecule has 0 saturated carbocycles. The van der Waals surface area contributed by atoms with Crippen molar-refractivity contribution in [2.24, 2.45) is 0 Å². The first-order valence-electron chi connectivity index (χ1n) is 12.4. The molecule has 0 unspecified atom stereocenters. The van der Waals surface area contributed by atoms with E-state index in [9.17, 15) is 0 Å². The van der Waals surface area contributed by atoms with Crippen LogP contribution in [0.4, 0.5) is 5.69 Å². The summed E-state index contributed by atoms with van der Waals surface area (Å²) in [5.74, 6) is 3.20. The minimum absolute atomic E-state index is 0.132. The van der Waals surface area contributed by atoms with Crippen LogP contribution >= 0.6 is 0 Å². The summed E-state index contributed by atoms with van der Waals surface area (Å²) in [5.41, 5.74) is 2.17. The summed E-state index contributed by atoms with van der Waals surface area (Å²) < 4.78 is 24.5. The van der Waals surface area contributed by atoms with Gasteiger partial charge in [0.15, 0.2) is 5.82 Å². The molecule has 2 aliphatic rings. The number of tetrazole rings is 1. The molecule has 0 N–H and O–H groups in total. The van der Waals surface area contributed by atoms with E-state index in [-0.39, 0.29) is 12.1 Å². The van der Waals surface area contributed by atoms with E-state index in [1.807, 2.05) is 35.0 Å². The topological polar surface area (TPSA) is 87.0 Å². The minimum Gasteiger partial charge on any atom is -0.497 e. The Hall–Kier alpha value is -3.37. The van der Waals surface area contributed by atoms with Crippen LogP contribution in [0.25, 0.3) is 0 Å². The Morgan fingerprint density at radius 2 is 1.69 bits per heavy atom. The lowest BCUT2D eigenvalue weighted by Gasteiger charge is -2.40. The molecule has 0 radical (unpaired) electrons. The van der Waals surface area contributed by atoms with E-state index in [1.165, 1.54) is 5.69 Å². The molecule has 5 rings (SSSR count). The van der Waals surface area contributed by atoms with Crippen molar-refractivity contribution in [1.82, 2.24) is 25.1 Å². The molecule has 0 aliphatic carbocycles. The smallest absolute Gasteiger partial charge is 0.173 e. The number of hydrogen-bond donors (Lipinski definition) is 0. The quantitative estimate of drug-likeness (QED) is 0.446. The van der Waals surface area contributed by atoms with E-state index >= 15 is 0 Å². The number of methoxy groups -OCH3 is 3. The first-order valence-corrected chi connectivity index (χ1v) is 12.4. The van der Waals surface area contributed by atoms with Gasteiger partial charge in [0.1, 0.15) is 23.3 Å². The van der Waals surface area contributed by atoms with Crippen LogP contribution in [0.5, 0.6) is 17.2 Å². The number of anilines is 1. The van der Waals surface area contributed by atoms with Crippen molar-refractivity contribution in [3.8, 4) is 17.2 Å². The molecule has 2 fully saturated rings. The number of piperazine rings is 1. The van der Waals surface area contributed by atoms with Gasteiger partial charge in [-0.15, -0.1) is 5.10 Å². The fraction of sp³-hybridized carbons (Fsp3) is 0.500. The predicted octanol–water partition coefficient (Wildman–Crippen LogP) is 2.79. The molecular formula is C26H34N6O4. The largest absolute Gasteiger partial charge is 0.497 e. The molecule has 3 heterocycles. The van der Waals surface area contributed by atoms with Crippen LogP contribution in [0, 0.1) is 0 Å². The molecule has 0 bridgehead atoms. The third-order valence-corrected chi connectivity index (χ3v) is 7.05. The highest BCUT2D eigenvalue weighted by Crippen LogP contribution is 2.37. The fourth-order valence-corrected chi connectivity index (χ4v) is 5.10. The van der Waals surface area contributed by atoms with Crippen molar-refractivity contribution in [3.05, 3.63) is 53.9 Å². The summed E-state index contributed by atoms with van der Waals surface area (Å²) in [7, 11) is 5.06. The molecule has 1 aromatic heterocycles. The maximum atomic E-state index is 5.88. The van der Waals surface area contributed by atoms with Crippen molar-refractivity contribution in [2.75, 3.05) is 59.0 Å². The molecular weight excluding hydrogens is 460 g/mol. The predicted molar refractivity (Wildman–Crippen MR) is 135 cm³/mol. The van der Waals surface area contributed by atoms with Crippen LogP contribution in [0.2, 0.25) is 0 Å². The lowest BCUT2D eigenvalue weighted by atomic mass is 10.0. The molecule has 10 heteroatoms. The van der Waals surface area contributed by atoms with Crippen LogP contribution in [-0.4, -0.2) is 85.3 Å². The molecule has 192 valence electrons. The van der Waals surface area contributed by atoms with Crippen molar-refractivity contribution in [3.63, 3.8) is 0 Å². The first kappa shape index (κ1) is 24.3. The average Bonchev–Trinajstić information content (AvgIpc) is 3.62. The Labute approximate surface area is 211 Å². The van der Waals surface area contributed by atoms with Gasteiger partial charge < -0.3 is 23.8 Å². The Bertz CT molecular complexity index is 1120. The normalized spacial score (nSPS) is 19.3. The van der Waals surface area contributed by atoms with Crippen LogP contribution < -0.4 is 19.1 Å². The van der Waals surface area contributed by atoms with Crippen molar-refractivity contribution in [1.29, 1.82) is 0 Å². The Morgan fingerprint density at radius 3 is 2.36 bits per heavy atom. The van der Waals surface area contributed by atoms with Crippen LogP contribution in [0.15, 0.2) is 42.5 Å². The zero-order valence-corrected chi connectivity index (χ0v) is 21.2. The first-order chi connectivity index (χ1) is 17.7. The number of aromatic nitrogens is 4. The van der Waals surface area contributed by atoms with Crippen molar-refractivity contribution < 1.29 is 18.9 Å². The van der Waals surface area contributed by atoms with Crippen LogP contribution in [0.1, 0.15) is 30.3 Å². The van der Waals surface area contributed by atoms with Gasteiger partial charge in [-0.1, -0.05) is 0 Å². The molecule has 0 amide bonds. The Morgan fingerprint density at radius 1 is 0.944 bits per heavy atom. The standard InChI is InChI=1S/C26H34N6O4/c1-33-20-8-6-19(7-9-20)30-12-14-31(15-13-30)25(23-17-21(34-2)10-11-24(23)35-3)26-27-28-29-32(26)18-22-5-4-16-36-22/h6-11,17,22,25H,4-5,12-16,18H2,1-3H3/t22-,25+/m0/s1. The van der Waals surface area contributed by atoms with Gasteiger partial charge in [-0.25, -0.2) is 4.68 Å². The molecule has 10 nitrogen and oxygen atoms in total. The number of rotatable bonds is 9. The van der Waals surface area contributed by atoms with Gasteiger partial charge in [0.2, 0.25) is 0 Å². The highest BCUT2D eigenvalue weighted by Gasteiger charge is 2.34. The van der Waals surface area contributed by atoms with Gasteiger partial charge in [0, 0.05) is 44.0 Å². The van der Waals surface area contributed by atoms with Gasteiger partial charge in [-0.3, -0.25) is 4.90 Å². The highest BCUT2D eigenvalue weighted by atomic mass is 16.5. The van der Waals surface area contributed by atoms with Gasteiger partial charge in [0.25, 0.3) is 0 Å². The van der Waals surface area contributed by atoms with E-state index < -0.39 is 0 Å². The third kappa shape index (κ3) is 5.10. The summed E-state index contributed by atoms with van der Waals surface area (Å²) in [5, 5.41) is 12.9. The number of hydrogen-bond acceptors (Lipinski definition) is 9. The molecule has 2 atom stereocenters. The van der Waals surface area contributed by atoms with Gasteiger partial charge >= 0.3 is 0 Å². The van der Waals surface area contributed by atoms with E-state index in [0.717, 1.165) is 74.3 Å². The zero-order valence-electron chi connectivity index (χ0n) is 21.2. The summed E-state index contributed by atoms with van der Waals surface area (Å²) in [6, 6.07) is 13.9. The SMILES string of the molecule is COc1ccc(N2CCN([C@H](c3cc(OC)ccc3OC)c3nnnn3C[C@@H]3CCCO3)CC2)cc1. The Kier molecular flexibility index (Phi) is 7.52. The summed E-state index contributed by atoms with van der Waals surface area (Å²) in [4.78, 5) is 4.82. The van der Waals surface area contributed by atoms with Crippen LogP contribution in [0.3, 0.4) is 0 Å². The number of benzene rings is 2. The molecule has 2 aromatic carbocycles. The summed E-state index contributed by atoms with van der Waals surface area (Å²) in [6.45, 7) is 4.86. The van der Waals surface area contributed by atoms with Crippen molar-refractivity contribution in [2.45, 2.75) is 31.5 Å². The van der Waals surface area contributed by atoms with E-state index in [1.54, 1.807) is 21.3 Å². The maximum Gasteiger partial charge on any atom is 0.173 e. The Balaban J connectivity index is 1.44. The number of ether oxygens (including phenoxy) is 4. The maximum absolute atomic E-state index is 5.88. The second-order valence-electron chi connectivity index (χ2n) is 9.09. The molecule has 3 aromatic rings. The lowest BCUT2D eigenvalue weighted by molar-refractivity contribution is 0.0906. The second-order valence-corrected chi connectivity index (χ2v) is 9.09. The van der Waals surface area contributed by atoms with Crippen molar-refractivity contribution >= 4 is 5.69 Å². The van der Waals surface area contributed by atoms with Gasteiger partial charge in [-0.2, -0.15) is 0 Å². The van der Waals surface area contributed by atoms with Gasteiger partial charge in [-0.05, 0) is 65.7 Å². The summed E-state index contributed by atoms with van der Waals surface area (Å²) in [6.07, 6.45) is 2.22. The van der Waals surface area contributed by atoms with Gasteiger partial charge in [0.05, 0.1) is 34.0 Å². The van der Waals surface area contributed by atoms with E-state index in [4.69, 9.17) is 18.9 Å². The molecule has 36 heavy (non-hydrogen) atoms. The van der Waals surface area contributed by atoms with E-state index in [0.29, 0.717) is 6.54 Å². The zero-order chi connectivity index (χ0) is 24.9.